The van der Waals surface area contributed by atoms with Gasteiger partial charge in [-0.05, 0) is 23.6 Å². The number of cyclic esters (lactones) is 2. The number of esters is 2. The van der Waals surface area contributed by atoms with E-state index in [-0.39, 0.29) is 5.92 Å². The summed E-state index contributed by atoms with van der Waals surface area (Å²) >= 11 is 0. The van der Waals surface area contributed by atoms with Gasteiger partial charge >= 0.3 is 11.9 Å². The van der Waals surface area contributed by atoms with E-state index in [1.54, 1.807) is 0 Å². The molecule has 0 spiro atoms. The first-order chi connectivity index (χ1) is 9.40. The molecule has 1 saturated heterocycles. The van der Waals surface area contributed by atoms with Crippen molar-refractivity contribution in [3.05, 3.63) is 29.8 Å². The van der Waals surface area contributed by atoms with Gasteiger partial charge in [-0.25, -0.2) is 9.59 Å². The van der Waals surface area contributed by atoms with Gasteiger partial charge in [0.25, 0.3) is 0 Å². The van der Waals surface area contributed by atoms with E-state index in [2.05, 4.69) is 0 Å². The van der Waals surface area contributed by atoms with Gasteiger partial charge in [0.05, 0.1) is 0 Å². The SMILES string of the molecule is CC(C)[C@@H]1OC(=O)C(=O)O[C@H]1c1ccc(N(C)C)cc1. The summed E-state index contributed by atoms with van der Waals surface area (Å²) in [6.45, 7) is 3.86. The molecule has 0 N–H and O–H groups in total. The van der Waals surface area contributed by atoms with E-state index >= 15 is 0 Å². The molecule has 0 bridgehead atoms. The van der Waals surface area contributed by atoms with Crippen molar-refractivity contribution < 1.29 is 19.1 Å². The Morgan fingerprint density at radius 3 is 2.05 bits per heavy atom. The largest absolute Gasteiger partial charge is 0.449 e. The molecule has 5 heteroatoms. The van der Waals surface area contributed by atoms with Gasteiger partial charge < -0.3 is 14.4 Å². The lowest BCUT2D eigenvalue weighted by molar-refractivity contribution is -0.199. The summed E-state index contributed by atoms with van der Waals surface area (Å²) in [4.78, 5) is 24.7. The summed E-state index contributed by atoms with van der Waals surface area (Å²) in [7, 11) is 3.91. The molecule has 1 fully saturated rings. The second kappa shape index (κ2) is 5.53. The normalized spacial score (nSPS) is 22.4. The molecule has 0 aliphatic carbocycles. The fourth-order valence-corrected chi connectivity index (χ4v) is 2.17. The maximum atomic E-state index is 11.4. The fourth-order valence-electron chi connectivity index (χ4n) is 2.17. The molecule has 5 nitrogen and oxygen atoms in total. The van der Waals surface area contributed by atoms with Crippen LogP contribution in [0.5, 0.6) is 0 Å². The molecule has 0 aromatic heterocycles. The van der Waals surface area contributed by atoms with Gasteiger partial charge in [-0.3, -0.25) is 0 Å². The van der Waals surface area contributed by atoms with E-state index in [0.717, 1.165) is 11.3 Å². The highest BCUT2D eigenvalue weighted by molar-refractivity contribution is 6.30. The number of anilines is 1. The Hall–Kier alpha value is -2.04. The van der Waals surface area contributed by atoms with Crippen LogP contribution in [-0.2, 0) is 19.1 Å². The first kappa shape index (κ1) is 14.4. The van der Waals surface area contributed by atoms with Gasteiger partial charge in [0.1, 0.15) is 6.10 Å². The van der Waals surface area contributed by atoms with E-state index in [0.29, 0.717) is 0 Å². The summed E-state index contributed by atoms with van der Waals surface area (Å²) in [6, 6.07) is 7.66. The number of benzene rings is 1. The molecule has 2 rings (SSSR count). The van der Waals surface area contributed by atoms with Crippen molar-refractivity contribution in [3.63, 3.8) is 0 Å². The van der Waals surface area contributed by atoms with Crippen molar-refractivity contribution in [3.8, 4) is 0 Å². The number of carbonyl (C=O) groups excluding carboxylic acids is 2. The molecule has 1 aliphatic rings. The van der Waals surface area contributed by atoms with Crippen LogP contribution in [0.3, 0.4) is 0 Å². The van der Waals surface area contributed by atoms with Crippen LogP contribution in [0.2, 0.25) is 0 Å². The van der Waals surface area contributed by atoms with Gasteiger partial charge in [0.15, 0.2) is 6.10 Å². The molecular formula is C15H19NO4. The maximum absolute atomic E-state index is 11.4. The topological polar surface area (TPSA) is 55.8 Å². The number of carbonyl (C=O) groups is 2. The lowest BCUT2D eigenvalue weighted by Crippen LogP contribution is -2.42. The van der Waals surface area contributed by atoms with Gasteiger partial charge in [0.2, 0.25) is 0 Å². The zero-order valence-electron chi connectivity index (χ0n) is 12.1. The zero-order chi connectivity index (χ0) is 14.9. The Labute approximate surface area is 118 Å². The van der Waals surface area contributed by atoms with Gasteiger partial charge in [-0.2, -0.15) is 0 Å². The first-order valence-corrected chi connectivity index (χ1v) is 6.59. The van der Waals surface area contributed by atoms with Crippen LogP contribution in [0, 0.1) is 5.92 Å². The van der Waals surface area contributed by atoms with Crippen molar-refractivity contribution in [2.24, 2.45) is 5.92 Å². The van der Waals surface area contributed by atoms with Crippen LogP contribution in [0.1, 0.15) is 25.5 Å². The summed E-state index contributed by atoms with van der Waals surface area (Å²) in [5.41, 5.74) is 1.88. The van der Waals surface area contributed by atoms with Crippen LogP contribution in [0.25, 0.3) is 0 Å². The van der Waals surface area contributed by atoms with Crippen molar-refractivity contribution in [2.45, 2.75) is 26.1 Å². The van der Waals surface area contributed by atoms with Crippen LogP contribution < -0.4 is 4.90 Å². The van der Waals surface area contributed by atoms with Crippen molar-refractivity contribution in [1.29, 1.82) is 0 Å². The Morgan fingerprint density at radius 2 is 1.55 bits per heavy atom. The molecule has 0 radical (unpaired) electrons. The third-order valence-electron chi connectivity index (χ3n) is 3.34. The number of nitrogens with zero attached hydrogens (tertiary/aromatic N) is 1. The summed E-state index contributed by atoms with van der Waals surface area (Å²) in [5, 5.41) is 0. The quantitative estimate of drug-likeness (QED) is 0.624. The van der Waals surface area contributed by atoms with Crippen LogP contribution in [0.4, 0.5) is 5.69 Å². The average Bonchev–Trinajstić information content (AvgIpc) is 2.41. The highest BCUT2D eigenvalue weighted by Crippen LogP contribution is 2.32. The monoisotopic (exact) mass is 277 g/mol. The zero-order valence-corrected chi connectivity index (χ0v) is 12.1. The molecule has 20 heavy (non-hydrogen) atoms. The minimum absolute atomic E-state index is 0.0607. The average molecular weight is 277 g/mol. The predicted octanol–water partition coefficient (Wildman–Crippen LogP) is 1.92. The fraction of sp³-hybridized carbons (Fsp3) is 0.467. The van der Waals surface area contributed by atoms with Gasteiger partial charge in [0, 0.05) is 19.8 Å². The summed E-state index contributed by atoms with van der Waals surface area (Å²) < 4.78 is 10.4. The number of hydrogen-bond donors (Lipinski definition) is 0. The first-order valence-electron chi connectivity index (χ1n) is 6.59. The lowest BCUT2D eigenvalue weighted by atomic mass is 9.95. The maximum Gasteiger partial charge on any atom is 0.418 e. The van der Waals surface area contributed by atoms with E-state index in [4.69, 9.17) is 9.47 Å². The van der Waals surface area contributed by atoms with Crippen LogP contribution in [-0.4, -0.2) is 32.1 Å². The molecule has 0 saturated carbocycles. The van der Waals surface area contributed by atoms with Crippen LogP contribution >= 0.6 is 0 Å². The second-order valence-electron chi connectivity index (χ2n) is 5.43. The number of rotatable bonds is 3. The summed E-state index contributed by atoms with van der Waals surface area (Å²) in [5.74, 6) is -1.78. The molecule has 108 valence electrons. The molecule has 1 heterocycles. The molecule has 1 aromatic rings. The van der Waals surface area contributed by atoms with E-state index < -0.39 is 24.1 Å². The van der Waals surface area contributed by atoms with E-state index in [9.17, 15) is 9.59 Å². The molecule has 1 aliphatic heterocycles. The van der Waals surface area contributed by atoms with Gasteiger partial charge in [-0.1, -0.05) is 26.0 Å². The third kappa shape index (κ3) is 2.76. The summed E-state index contributed by atoms with van der Waals surface area (Å²) in [6.07, 6.45) is -0.998. The highest BCUT2D eigenvalue weighted by atomic mass is 16.6. The van der Waals surface area contributed by atoms with Crippen molar-refractivity contribution in [1.82, 2.24) is 0 Å². The van der Waals surface area contributed by atoms with E-state index in [1.165, 1.54) is 0 Å². The lowest BCUT2D eigenvalue weighted by Gasteiger charge is -2.33. The second-order valence-corrected chi connectivity index (χ2v) is 5.43. The van der Waals surface area contributed by atoms with Gasteiger partial charge in [-0.15, -0.1) is 0 Å². The minimum atomic E-state index is -0.927. The number of hydrogen-bond acceptors (Lipinski definition) is 5. The van der Waals surface area contributed by atoms with E-state index in [1.807, 2.05) is 57.1 Å². The van der Waals surface area contributed by atoms with Crippen molar-refractivity contribution >= 4 is 17.6 Å². The number of ether oxygens (including phenoxy) is 2. The van der Waals surface area contributed by atoms with Crippen molar-refractivity contribution in [2.75, 3.05) is 19.0 Å². The molecule has 0 unspecified atom stereocenters. The standard InChI is InChI=1S/C15H19NO4/c1-9(2)12-13(20-15(18)14(17)19-12)10-5-7-11(8-6-10)16(3)4/h5-9,12-13H,1-4H3/t12-,13-/m0/s1. The minimum Gasteiger partial charge on any atom is -0.449 e. The Morgan fingerprint density at radius 1 is 1.00 bits per heavy atom. The molecular weight excluding hydrogens is 258 g/mol. The predicted molar refractivity (Wildman–Crippen MR) is 74.3 cm³/mol. The molecule has 0 amide bonds. The molecule has 2 atom stereocenters. The Bertz CT molecular complexity index is 507. The highest BCUT2D eigenvalue weighted by Gasteiger charge is 2.40. The Balaban J connectivity index is 2.28. The third-order valence-corrected chi connectivity index (χ3v) is 3.34. The van der Waals surface area contributed by atoms with Crippen LogP contribution in [0.15, 0.2) is 24.3 Å². The molecule has 1 aromatic carbocycles. The Kier molecular flexibility index (Phi) is 3.97. The smallest absolute Gasteiger partial charge is 0.418 e.